The number of fused-ring (bicyclic) bond motifs is 1. The van der Waals surface area contributed by atoms with Gasteiger partial charge in [-0.1, -0.05) is 12.2 Å². The van der Waals surface area contributed by atoms with Gasteiger partial charge in [-0.05, 0) is 0 Å². The maximum atomic E-state index is 11.7. The van der Waals surface area contributed by atoms with Gasteiger partial charge in [0.2, 0.25) is 0 Å². The van der Waals surface area contributed by atoms with Crippen LogP contribution in [0.15, 0.2) is 11.1 Å². The molecule has 7 heteroatoms. The fraction of sp³-hybridized carbons (Fsp3) is 0.444. The Morgan fingerprint density at radius 2 is 2.12 bits per heavy atom. The Kier molecular flexibility index (Phi) is 2.64. The standard InChI is InChI=1S/C9H12N4O2S/c1-11-7-6(8(16)12(2)9(11)15)13(3-4-14)5-10-7/h5,14H,3-4H2,1-2H3. The first-order chi connectivity index (χ1) is 7.57. The van der Waals surface area contributed by atoms with Gasteiger partial charge < -0.3 is 9.67 Å². The van der Waals surface area contributed by atoms with Crippen molar-refractivity contribution in [2.24, 2.45) is 14.1 Å². The van der Waals surface area contributed by atoms with E-state index in [4.69, 9.17) is 17.3 Å². The van der Waals surface area contributed by atoms with E-state index in [1.165, 1.54) is 9.13 Å². The average molecular weight is 240 g/mol. The Bertz CT molecular complexity index is 652. The number of aliphatic hydroxyl groups excluding tert-OH is 1. The molecule has 6 nitrogen and oxygen atoms in total. The molecular formula is C9H12N4O2S. The number of aliphatic hydroxyl groups is 1. The van der Waals surface area contributed by atoms with Crippen molar-refractivity contribution in [1.29, 1.82) is 0 Å². The van der Waals surface area contributed by atoms with Crippen molar-refractivity contribution >= 4 is 23.4 Å². The van der Waals surface area contributed by atoms with E-state index < -0.39 is 0 Å². The van der Waals surface area contributed by atoms with Crippen LogP contribution in [-0.2, 0) is 20.6 Å². The summed E-state index contributed by atoms with van der Waals surface area (Å²) in [5.41, 5.74) is 1.04. The van der Waals surface area contributed by atoms with E-state index in [9.17, 15) is 4.79 Å². The summed E-state index contributed by atoms with van der Waals surface area (Å²) in [6, 6.07) is 0. The van der Waals surface area contributed by atoms with E-state index in [0.717, 1.165) is 0 Å². The fourth-order valence-corrected chi connectivity index (χ4v) is 1.96. The first-order valence-electron chi connectivity index (χ1n) is 4.79. The van der Waals surface area contributed by atoms with Gasteiger partial charge in [-0.2, -0.15) is 0 Å². The molecule has 1 N–H and O–H groups in total. The van der Waals surface area contributed by atoms with Crippen molar-refractivity contribution in [3.63, 3.8) is 0 Å². The lowest BCUT2D eigenvalue weighted by Gasteiger charge is -2.06. The zero-order valence-electron chi connectivity index (χ0n) is 9.04. The van der Waals surface area contributed by atoms with Gasteiger partial charge in [-0.15, -0.1) is 0 Å². The molecule has 2 heterocycles. The molecule has 2 aromatic rings. The minimum atomic E-state index is -0.202. The second-order valence-corrected chi connectivity index (χ2v) is 3.93. The van der Waals surface area contributed by atoms with Crippen LogP contribution in [0.1, 0.15) is 0 Å². The van der Waals surface area contributed by atoms with Crippen molar-refractivity contribution < 1.29 is 5.11 Å². The largest absolute Gasteiger partial charge is 0.395 e. The first-order valence-corrected chi connectivity index (χ1v) is 5.20. The van der Waals surface area contributed by atoms with Crippen molar-refractivity contribution in [3.05, 3.63) is 21.5 Å². The molecule has 0 saturated carbocycles. The maximum Gasteiger partial charge on any atom is 0.330 e. The summed E-state index contributed by atoms with van der Waals surface area (Å²) in [6.07, 6.45) is 1.58. The second kappa shape index (κ2) is 3.84. The van der Waals surface area contributed by atoms with Crippen LogP contribution in [0.3, 0.4) is 0 Å². The summed E-state index contributed by atoms with van der Waals surface area (Å²) in [5, 5.41) is 8.92. The van der Waals surface area contributed by atoms with Crippen LogP contribution in [-0.4, -0.2) is 30.4 Å². The molecule has 0 bridgehead atoms. The predicted octanol–water partition coefficient (Wildman–Crippen LogP) is -0.205. The summed E-state index contributed by atoms with van der Waals surface area (Å²) in [4.78, 5) is 15.9. The van der Waals surface area contributed by atoms with Crippen LogP contribution in [0.5, 0.6) is 0 Å². The zero-order chi connectivity index (χ0) is 11.9. The molecule has 16 heavy (non-hydrogen) atoms. The van der Waals surface area contributed by atoms with E-state index in [1.807, 2.05) is 0 Å². The van der Waals surface area contributed by atoms with Gasteiger partial charge in [0.15, 0.2) is 5.65 Å². The summed E-state index contributed by atoms with van der Waals surface area (Å²) in [5.74, 6) is 0. The average Bonchev–Trinajstić information content (AvgIpc) is 2.68. The first kappa shape index (κ1) is 11.0. The van der Waals surface area contributed by atoms with Crippen LogP contribution >= 0.6 is 12.2 Å². The van der Waals surface area contributed by atoms with Crippen molar-refractivity contribution in [2.45, 2.75) is 6.54 Å². The lowest BCUT2D eigenvalue weighted by atomic mass is 10.5. The van der Waals surface area contributed by atoms with Crippen molar-refractivity contribution in [1.82, 2.24) is 18.7 Å². The van der Waals surface area contributed by atoms with Crippen LogP contribution in [0, 0.1) is 4.64 Å². The number of aryl methyl sites for hydroxylation is 1. The molecule has 0 spiro atoms. The maximum absolute atomic E-state index is 11.7. The second-order valence-electron chi connectivity index (χ2n) is 3.54. The number of rotatable bonds is 2. The Morgan fingerprint density at radius 3 is 2.75 bits per heavy atom. The highest BCUT2D eigenvalue weighted by atomic mass is 32.1. The fourth-order valence-electron chi connectivity index (χ4n) is 1.67. The van der Waals surface area contributed by atoms with Crippen LogP contribution < -0.4 is 5.69 Å². The SMILES string of the molecule is Cn1c(=S)c2c(ncn2CCO)n(C)c1=O. The van der Waals surface area contributed by atoms with E-state index >= 15 is 0 Å². The molecule has 0 unspecified atom stereocenters. The monoisotopic (exact) mass is 240 g/mol. The third-order valence-electron chi connectivity index (χ3n) is 2.56. The van der Waals surface area contributed by atoms with Gasteiger partial charge in [-0.25, -0.2) is 9.78 Å². The van der Waals surface area contributed by atoms with Gasteiger partial charge in [0.05, 0.1) is 12.9 Å². The summed E-state index contributed by atoms with van der Waals surface area (Å²) in [6.45, 7) is 0.422. The molecule has 0 aromatic carbocycles. The molecule has 0 aliphatic rings. The lowest BCUT2D eigenvalue weighted by molar-refractivity contribution is 0.277. The zero-order valence-corrected chi connectivity index (χ0v) is 9.86. The van der Waals surface area contributed by atoms with Crippen molar-refractivity contribution in [3.8, 4) is 0 Å². The molecule has 0 fully saturated rings. The summed E-state index contributed by atoms with van der Waals surface area (Å²) in [7, 11) is 3.27. The number of nitrogens with zero attached hydrogens (tertiary/aromatic N) is 4. The van der Waals surface area contributed by atoms with Gasteiger partial charge in [0.25, 0.3) is 0 Å². The van der Waals surface area contributed by atoms with Crippen molar-refractivity contribution in [2.75, 3.05) is 6.61 Å². The highest BCUT2D eigenvalue weighted by molar-refractivity contribution is 7.71. The van der Waals surface area contributed by atoms with Gasteiger partial charge in [-0.3, -0.25) is 9.13 Å². The quantitative estimate of drug-likeness (QED) is 0.738. The third kappa shape index (κ3) is 1.40. The molecule has 2 aromatic heterocycles. The minimum Gasteiger partial charge on any atom is -0.395 e. The highest BCUT2D eigenvalue weighted by Gasteiger charge is 2.11. The Morgan fingerprint density at radius 1 is 1.44 bits per heavy atom. The molecule has 86 valence electrons. The van der Waals surface area contributed by atoms with E-state index in [0.29, 0.717) is 22.3 Å². The molecule has 0 amide bonds. The lowest BCUT2D eigenvalue weighted by Crippen LogP contribution is -2.28. The number of hydrogen-bond acceptors (Lipinski definition) is 4. The Labute approximate surface area is 96.4 Å². The number of hydrogen-bond donors (Lipinski definition) is 1. The van der Waals surface area contributed by atoms with E-state index in [2.05, 4.69) is 4.98 Å². The van der Waals surface area contributed by atoms with Gasteiger partial charge >= 0.3 is 5.69 Å². The number of imidazole rings is 1. The summed E-state index contributed by atoms with van der Waals surface area (Å²) < 4.78 is 5.02. The third-order valence-corrected chi connectivity index (χ3v) is 3.03. The Balaban J connectivity index is 2.95. The molecule has 2 rings (SSSR count). The minimum absolute atomic E-state index is 0.00673. The highest BCUT2D eigenvalue weighted by Crippen LogP contribution is 2.11. The molecule has 0 aliphatic carbocycles. The predicted molar refractivity (Wildman–Crippen MR) is 61.9 cm³/mol. The number of aromatic nitrogens is 4. The Hall–Kier alpha value is -1.47. The normalized spacial score (nSPS) is 11.2. The summed E-state index contributed by atoms with van der Waals surface area (Å²) >= 11 is 5.20. The molecule has 0 saturated heterocycles. The topological polar surface area (TPSA) is 65.0 Å². The molecule has 0 radical (unpaired) electrons. The van der Waals surface area contributed by atoms with Gasteiger partial charge in [0, 0.05) is 20.6 Å². The van der Waals surface area contributed by atoms with Crippen LogP contribution in [0.25, 0.3) is 11.2 Å². The van der Waals surface area contributed by atoms with Gasteiger partial charge in [0.1, 0.15) is 10.2 Å². The molecule has 0 aliphatic heterocycles. The molecule has 0 atom stereocenters. The smallest absolute Gasteiger partial charge is 0.330 e. The van der Waals surface area contributed by atoms with Crippen LogP contribution in [0.2, 0.25) is 0 Å². The molecular weight excluding hydrogens is 228 g/mol. The van der Waals surface area contributed by atoms with Crippen LogP contribution in [0.4, 0.5) is 0 Å². The van der Waals surface area contributed by atoms with E-state index in [-0.39, 0.29) is 12.3 Å². The van der Waals surface area contributed by atoms with E-state index in [1.54, 1.807) is 25.0 Å².